The molecule has 1 heterocycles. The lowest BCUT2D eigenvalue weighted by molar-refractivity contribution is 0.110. The molecule has 2 saturated carbocycles. The lowest BCUT2D eigenvalue weighted by Gasteiger charge is -2.50. The van der Waals surface area contributed by atoms with E-state index < -0.39 is 0 Å². The van der Waals surface area contributed by atoms with E-state index in [4.69, 9.17) is 28.3 Å². The zero-order chi connectivity index (χ0) is 33.6. The lowest BCUT2D eigenvalue weighted by Crippen LogP contribution is -2.54. The van der Waals surface area contributed by atoms with Crippen LogP contribution in [0.15, 0.2) is 89.4 Å². The molecule has 4 aromatic rings. The molecule has 4 unspecified atom stereocenters. The number of phenolic OH excluding ortho intramolecular Hbond substituents is 2. The molecule has 8 rings (SSSR count). The summed E-state index contributed by atoms with van der Waals surface area (Å²) in [5.41, 5.74) is 8.04. The van der Waals surface area contributed by atoms with Crippen LogP contribution in [-0.4, -0.2) is 15.8 Å². The molecule has 0 bridgehead atoms. The third-order valence-electron chi connectivity index (χ3n) is 12.2. The van der Waals surface area contributed by atoms with Gasteiger partial charge in [-0.1, -0.05) is 128 Å². The van der Waals surface area contributed by atoms with Gasteiger partial charge in [0.25, 0.3) is 0 Å². The molecule has 1 aliphatic heterocycles. The number of fused-ring (bicyclic) bond motifs is 6. The number of aromatic hydroxyl groups is 2. The molecule has 3 aliphatic carbocycles. The fourth-order valence-corrected chi connectivity index (χ4v) is 10.3. The number of rotatable bonds is 1. The standard InChI is InChI=1S/C20H22ClNO.C15H20.C6H4BrClO/c1-19-9-5-6-10-20(19,2)22(18-8-4-3-7-17(18)19)15-11-14(21)12-16(23)13-15;1-14-9-5-6-10-15(14,2)13-8-4-3-7-12(13)11-14;7-4-1-5(8)3-6(9)2-4/h3-4,7-8,11-13,23H,5-6,9-10H2,1-2H3;3-4,7-8H,5-6,9-11H2,1-2H3;1-3,9H. The molecule has 2 fully saturated rings. The molecule has 2 N–H and O–H groups in total. The largest absolute Gasteiger partial charge is 0.508 e. The van der Waals surface area contributed by atoms with E-state index in [0.717, 1.165) is 16.6 Å². The summed E-state index contributed by atoms with van der Waals surface area (Å²) < 4.78 is 0.785. The van der Waals surface area contributed by atoms with Gasteiger partial charge < -0.3 is 15.1 Å². The Bertz CT molecular complexity index is 1710. The zero-order valence-electron chi connectivity index (χ0n) is 27.9. The second-order valence-corrected chi connectivity index (χ2v) is 16.7. The Morgan fingerprint density at radius 3 is 1.89 bits per heavy atom. The predicted octanol–water partition coefficient (Wildman–Crippen LogP) is 12.7. The maximum absolute atomic E-state index is 10.0. The van der Waals surface area contributed by atoms with E-state index in [9.17, 15) is 5.11 Å². The summed E-state index contributed by atoms with van der Waals surface area (Å²) in [5, 5.41) is 20.0. The molecule has 0 spiro atoms. The number of hydrogen-bond donors (Lipinski definition) is 2. The molecule has 0 amide bonds. The number of anilines is 2. The van der Waals surface area contributed by atoms with Crippen LogP contribution in [0.5, 0.6) is 11.5 Å². The highest BCUT2D eigenvalue weighted by molar-refractivity contribution is 9.10. The van der Waals surface area contributed by atoms with Crippen LogP contribution in [0.25, 0.3) is 0 Å². The molecule has 0 aromatic heterocycles. The number of phenols is 2. The monoisotopic (exact) mass is 733 g/mol. The van der Waals surface area contributed by atoms with Crippen molar-refractivity contribution < 1.29 is 10.2 Å². The van der Waals surface area contributed by atoms with Crippen molar-refractivity contribution >= 4 is 50.5 Å². The van der Waals surface area contributed by atoms with Crippen LogP contribution in [0.3, 0.4) is 0 Å². The minimum Gasteiger partial charge on any atom is -0.508 e. The second kappa shape index (κ2) is 13.0. The Morgan fingerprint density at radius 1 is 0.638 bits per heavy atom. The van der Waals surface area contributed by atoms with E-state index >= 15 is 0 Å². The van der Waals surface area contributed by atoms with Gasteiger partial charge >= 0.3 is 0 Å². The Kier molecular flexibility index (Phi) is 9.45. The number of para-hydroxylation sites is 1. The van der Waals surface area contributed by atoms with Crippen LogP contribution in [-0.2, 0) is 17.3 Å². The van der Waals surface area contributed by atoms with Crippen LogP contribution >= 0.6 is 39.1 Å². The summed E-state index contributed by atoms with van der Waals surface area (Å²) in [6.45, 7) is 9.77. The predicted molar refractivity (Wildman–Crippen MR) is 201 cm³/mol. The van der Waals surface area contributed by atoms with Crippen molar-refractivity contribution in [1.29, 1.82) is 0 Å². The summed E-state index contributed by atoms with van der Waals surface area (Å²) >= 11 is 15.0. The van der Waals surface area contributed by atoms with Gasteiger partial charge in [0.1, 0.15) is 11.5 Å². The van der Waals surface area contributed by atoms with Crippen molar-refractivity contribution in [3.05, 3.63) is 116 Å². The normalized spacial score (nSPS) is 28.4. The Labute approximate surface area is 299 Å². The van der Waals surface area contributed by atoms with Crippen molar-refractivity contribution in [3.8, 4) is 11.5 Å². The van der Waals surface area contributed by atoms with Gasteiger partial charge in [-0.05, 0) is 103 Å². The lowest BCUT2D eigenvalue weighted by atomic mass is 9.58. The van der Waals surface area contributed by atoms with Crippen LogP contribution in [0.4, 0.5) is 11.4 Å². The van der Waals surface area contributed by atoms with Crippen LogP contribution in [0.1, 0.15) is 95.8 Å². The average Bonchev–Trinajstić information content (AvgIpc) is 3.38. The first kappa shape index (κ1) is 34.2. The molecule has 0 radical (unpaired) electrons. The Morgan fingerprint density at radius 2 is 1.21 bits per heavy atom. The van der Waals surface area contributed by atoms with Gasteiger partial charge in [0.05, 0.1) is 5.54 Å². The Balaban J connectivity index is 0.000000138. The highest BCUT2D eigenvalue weighted by atomic mass is 79.9. The Hall–Kier alpha value is -2.66. The fraction of sp³-hybridized carbons (Fsp3) is 0.415. The maximum atomic E-state index is 10.0. The van der Waals surface area contributed by atoms with E-state index in [2.05, 4.69) is 97.1 Å². The van der Waals surface area contributed by atoms with Crippen molar-refractivity contribution in [1.82, 2.24) is 0 Å². The molecular weight excluding hydrogens is 689 g/mol. The molecule has 3 nitrogen and oxygen atoms in total. The molecular formula is C41H46BrCl2NO2. The van der Waals surface area contributed by atoms with Gasteiger partial charge in [-0.25, -0.2) is 0 Å². The quantitative estimate of drug-likeness (QED) is 0.205. The number of hydrogen-bond acceptors (Lipinski definition) is 3. The van der Waals surface area contributed by atoms with E-state index in [1.807, 2.05) is 12.1 Å². The molecule has 4 atom stereocenters. The highest BCUT2D eigenvalue weighted by Crippen LogP contribution is 2.61. The van der Waals surface area contributed by atoms with Gasteiger partial charge in [-0.3, -0.25) is 0 Å². The van der Waals surface area contributed by atoms with Crippen molar-refractivity contribution in [2.45, 2.75) is 102 Å². The van der Waals surface area contributed by atoms with Crippen molar-refractivity contribution in [2.24, 2.45) is 5.41 Å². The fourth-order valence-electron chi connectivity index (χ4n) is 9.28. The molecule has 0 saturated heterocycles. The molecule has 248 valence electrons. The average molecular weight is 736 g/mol. The summed E-state index contributed by atoms with van der Waals surface area (Å²) in [4.78, 5) is 2.41. The third-order valence-corrected chi connectivity index (χ3v) is 13.1. The van der Waals surface area contributed by atoms with Crippen molar-refractivity contribution in [2.75, 3.05) is 4.90 Å². The second-order valence-electron chi connectivity index (χ2n) is 14.9. The van der Waals surface area contributed by atoms with Crippen LogP contribution in [0.2, 0.25) is 10.0 Å². The minimum atomic E-state index is 0.00601. The van der Waals surface area contributed by atoms with Gasteiger partial charge in [-0.15, -0.1) is 0 Å². The molecule has 4 aromatic carbocycles. The van der Waals surface area contributed by atoms with Crippen LogP contribution in [0, 0.1) is 5.41 Å². The first-order chi connectivity index (χ1) is 22.3. The van der Waals surface area contributed by atoms with Gasteiger partial charge in [0, 0.05) is 37.4 Å². The van der Waals surface area contributed by atoms with E-state index in [1.165, 1.54) is 68.7 Å². The van der Waals surface area contributed by atoms with Crippen LogP contribution < -0.4 is 4.90 Å². The topological polar surface area (TPSA) is 43.7 Å². The van der Waals surface area contributed by atoms with E-state index in [-0.39, 0.29) is 22.5 Å². The van der Waals surface area contributed by atoms with E-state index in [1.54, 1.807) is 29.3 Å². The summed E-state index contributed by atoms with van der Waals surface area (Å²) in [5.74, 6) is 0.396. The highest BCUT2D eigenvalue weighted by Gasteiger charge is 2.57. The molecule has 4 aliphatic rings. The number of nitrogens with zero attached hydrogens (tertiary/aromatic N) is 1. The van der Waals surface area contributed by atoms with Gasteiger partial charge in [0.2, 0.25) is 0 Å². The first-order valence-electron chi connectivity index (χ1n) is 16.9. The molecule has 47 heavy (non-hydrogen) atoms. The van der Waals surface area contributed by atoms with E-state index in [0.29, 0.717) is 20.9 Å². The molecule has 6 heteroatoms. The summed E-state index contributed by atoms with van der Waals surface area (Å²) in [7, 11) is 0. The maximum Gasteiger partial charge on any atom is 0.119 e. The summed E-state index contributed by atoms with van der Waals surface area (Å²) in [6.07, 6.45) is 11.8. The smallest absolute Gasteiger partial charge is 0.119 e. The summed E-state index contributed by atoms with van der Waals surface area (Å²) in [6, 6.07) is 28.0. The van der Waals surface area contributed by atoms with Crippen molar-refractivity contribution in [3.63, 3.8) is 0 Å². The SMILES string of the molecule is CC12CCCCC1(C)N(c1cc(O)cc(Cl)c1)c1ccccc12.CC12CCCCC1(C)c1ccccc1C2.Oc1cc(Cl)cc(Br)c1. The zero-order valence-corrected chi connectivity index (χ0v) is 31.0. The third kappa shape index (κ3) is 6.08. The van der Waals surface area contributed by atoms with Gasteiger partial charge in [-0.2, -0.15) is 0 Å². The van der Waals surface area contributed by atoms with Gasteiger partial charge in [0.15, 0.2) is 0 Å². The number of benzene rings is 4. The minimum absolute atomic E-state index is 0.00601. The first-order valence-corrected chi connectivity index (χ1v) is 18.5. The number of halogens is 3.